The van der Waals surface area contributed by atoms with Gasteiger partial charge in [0.25, 0.3) is 0 Å². The van der Waals surface area contributed by atoms with Gasteiger partial charge in [-0.05, 0) is 12.1 Å². The molecule has 0 bridgehead atoms. The predicted molar refractivity (Wildman–Crippen MR) is 94.7 cm³/mol. The minimum absolute atomic E-state index is 0.259. The summed E-state index contributed by atoms with van der Waals surface area (Å²) in [6.45, 7) is 3.66. The van der Waals surface area contributed by atoms with Crippen molar-refractivity contribution in [2.45, 2.75) is 44.5 Å². The van der Waals surface area contributed by atoms with Gasteiger partial charge in [0.05, 0.1) is 5.56 Å². The van der Waals surface area contributed by atoms with Gasteiger partial charge >= 0.3 is 17.9 Å². The number of carbonyl (C=O) groups excluding carboxylic acids is 3. The first-order valence-electron chi connectivity index (χ1n) is 8.11. The highest BCUT2D eigenvalue weighted by molar-refractivity contribution is 7.99. The summed E-state index contributed by atoms with van der Waals surface area (Å²) in [5.41, 5.74) is -0.453. The molecule has 1 aliphatic rings. The van der Waals surface area contributed by atoms with Crippen LogP contribution in [-0.2, 0) is 28.6 Å². The minimum Gasteiger partial charge on any atom is -0.474 e. The maximum Gasteiger partial charge on any atom is 0.303 e. The number of para-hydroxylation sites is 1. The summed E-state index contributed by atoms with van der Waals surface area (Å²) < 4.78 is 21.7. The van der Waals surface area contributed by atoms with Crippen LogP contribution in [0.15, 0.2) is 24.3 Å². The van der Waals surface area contributed by atoms with Gasteiger partial charge in [0.2, 0.25) is 0 Å². The number of rotatable bonds is 5. The van der Waals surface area contributed by atoms with Gasteiger partial charge in [0.15, 0.2) is 23.7 Å². The molecule has 1 saturated heterocycles. The Bertz CT molecular complexity index is 760. The van der Waals surface area contributed by atoms with Crippen molar-refractivity contribution in [1.29, 1.82) is 5.26 Å². The van der Waals surface area contributed by atoms with E-state index in [9.17, 15) is 19.6 Å². The van der Waals surface area contributed by atoms with E-state index < -0.39 is 41.7 Å². The van der Waals surface area contributed by atoms with Gasteiger partial charge in [0.1, 0.15) is 11.8 Å². The summed E-state index contributed by atoms with van der Waals surface area (Å²) in [5, 5.41) is 9.22. The van der Waals surface area contributed by atoms with Crippen LogP contribution in [0.5, 0.6) is 5.75 Å². The quantitative estimate of drug-likeness (QED) is 0.546. The van der Waals surface area contributed by atoms with Crippen molar-refractivity contribution < 1.29 is 33.3 Å². The van der Waals surface area contributed by atoms with Crippen LogP contribution in [0.3, 0.4) is 0 Å². The lowest BCUT2D eigenvalue weighted by atomic mass is 10.1. The molecule has 1 heterocycles. The Hall–Kier alpha value is -2.73. The molecule has 144 valence electrons. The number of benzene rings is 1. The molecule has 9 heteroatoms. The highest BCUT2D eigenvalue weighted by Gasteiger charge is 2.47. The number of hydrogen-bond donors (Lipinski definition) is 0. The molecule has 0 N–H and O–H groups in total. The highest BCUT2D eigenvalue weighted by Crippen LogP contribution is 2.35. The maximum atomic E-state index is 11.6. The molecule has 0 amide bonds. The fourth-order valence-electron chi connectivity index (χ4n) is 2.60. The number of esters is 3. The summed E-state index contributed by atoms with van der Waals surface area (Å²) in [6.07, 6.45) is -2.86. The number of nitriles is 1. The first-order valence-corrected chi connectivity index (χ1v) is 9.15. The summed E-state index contributed by atoms with van der Waals surface area (Å²) >= 11 is 1.23. The summed E-state index contributed by atoms with van der Waals surface area (Å²) in [7, 11) is 0. The van der Waals surface area contributed by atoms with E-state index in [4.69, 9.17) is 18.9 Å². The topological polar surface area (TPSA) is 112 Å². The van der Waals surface area contributed by atoms with Crippen LogP contribution in [0.4, 0.5) is 0 Å². The maximum absolute atomic E-state index is 11.6. The van der Waals surface area contributed by atoms with Crippen LogP contribution < -0.4 is 4.74 Å². The molecule has 1 fully saturated rings. The van der Waals surface area contributed by atoms with Crippen LogP contribution >= 0.6 is 11.8 Å². The lowest BCUT2D eigenvalue weighted by Crippen LogP contribution is -2.55. The Kier molecular flexibility index (Phi) is 7.07. The van der Waals surface area contributed by atoms with E-state index in [1.807, 2.05) is 6.07 Å². The Labute approximate surface area is 160 Å². The Morgan fingerprint density at radius 1 is 1.00 bits per heavy atom. The molecule has 0 unspecified atom stereocenters. The SMILES string of the molecule is CC(=O)O[C@@H]1[C@@H](OC(C)=O)[C@@H](Oc2ccccc2C#N)SC[C@H]1OC(C)=O. The van der Waals surface area contributed by atoms with E-state index >= 15 is 0 Å². The van der Waals surface area contributed by atoms with E-state index in [1.54, 1.807) is 24.3 Å². The third kappa shape index (κ3) is 5.62. The molecular formula is C18H19NO7S. The molecule has 0 spiro atoms. The highest BCUT2D eigenvalue weighted by atomic mass is 32.2. The first kappa shape index (κ1) is 20.6. The Morgan fingerprint density at radius 3 is 2.19 bits per heavy atom. The molecule has 1 aliphatic heterocycles. The van der Waals surface area contributed by atoms with Gasteiger partial charge < -0.3 is 18.9 Å². The van der Waals surface area contributed by atoms with Crippen molar-refractivity contribution in [3.05, 3.63) is 29.8 Å². The Balaban J connectivity index is 2.32. The molecular weight excluding hydrogens is 374 g/mol. The molecule has 1 aromatic carbocycles. The molecule has 0 saturated carbocycles. The second-order valence-electron chi connectivity index (χ2n) is 5.72. The van der Waals surface area contributed by atoms with Crippen LogP contribution in [0, 0.1) is 11.3 Å². The average Bonchev–Trinajstić information content (AvgIpc) is 2.59. The van der Waals surface area contributed by atoms with Crippen LogP contribution in [-0.4, -0.2) is 47.4 Å². The van der Waals surface area contributed by atoms with Crippen LogP contribution in [0.1, 0.15) is 26.3 Å². The van der Waals surface area contributed by atoms with Crippen molar-refractivity contribution in [2.75, 3.05) is 5.75 Å². The van der Waals surface area contributed by atoms with E-state index in [1.165, 1.54) is 32.5 Å². The monoisotopic (exact) mass is 393 g/mol. The second-order valence-corrected chi connectivity index (χ2v) is 6.85. The standard InChI is InChI=1S/C18H19NO7S/c1-10(20)23-15-9-27-18(26-14-7-5-4-6-13(14)8-19)17(25-12(3)22)16(15)24-11(2)21/h4-7,15-18H,9H2,1-3H3/t15-,16+,17-,18+/m1/s1. The summed E-state index contributed by atoms with van der Waals surface area (Å²) in [5.74, 6) is -1.20. The number of nitrogens with zero attached hydrogens (tertiary/aromatic N) is 1. The Morgan fingerprint density at radius 2 is 1.59 bits per heavy atom. The van der Waals surface area contributed by atoms with Gasteiger partial charge in [-0.3, -0.25) is 14.4 Å². The molecule has 8 nitrogen and oxygen atoms in total. The second kappa shape index (κ2) is 9.28. The third-order valence-corrected chi connectivity index (χ3v) is 4.77. The summed E-state index contributed by atoms with van der Waals surface area (Å²) in [4.78, 5) is 34.5. The van der Waals surface area contributed by atoms with E-state index in [2.05, 4.69) is 0 Å². The van der Waals surface area contributed by atoms with Crippen LogP contribution in [0.25, 0.3) is 0 Å². The minimum atomic E-state index is -1.03. The van der Waals surface area contributed by atoms with Gasteiger partial charge in [-0.25, -0.2) is 0 Å². The van der Waals surface area contributed by atoms with Crippen molar-refractivity contribution in [3.8, 4) is 11.8 Å². The molecule has 0 radical (unpaired) electrons. The normalized spacial score (nSPS) is 24.2. The van der Waals surface area contributed by atoms with Gasteiger partial charge in [-0.2, -0.15) is 5.26 Å². The largest absolute Gasteiger partial charge is 0.474 e. The van der Waals surface area contributed by atoms with E-state index in [-0.39, 0.29) is 5.75 Å². The number of thioether (sulfide) groups is 1. The fraction of sp³-hybridized carbons (Fsp3) is 0.444. The fourth-order valence-corrected chi connectivity index (χ4v) is 3.81. The number of carbonyl (C=O) groups is 3. The average molecular weight is 393 g/mol. The van der Waals surface area contributed by atoms with Gasteiger partial charge in [0, 0.05) is 26.5 Å². The molecule has 1 aromatic rings. The van der Waals surface area contributed by atoms with E-state index in [0.29, 0.717) is 11.3 Å². The number of hydrogen-bond acceptors (Lipinski definition) is 9. The molecule has 0 aliphatic carbocycles. The summed E-state index contributed by atoms with van der Waals surface area (Å²) in [6, 6.07) is 8.63. The van der Waals surface area contributed by atoms with Crippen molar-refractivity contribution in [3.63, 3.8) is 0 Å². The van der Waals surface area contributed by atoms with Gasteiger partial charge in [-0.15, -0.1) is 11.8 Å². The lowest BCUT2D eigenvalue weighted by Gasteiger charge is -2.39. The zero-order valence-corrected chi connectivity index (χ0v) is 15.9. The first-order chi connectivity index (χ1) is 12.8. The smallest absolute Gasteiger partial charge is 0.303 e. The van der Waals surface area contributed by atoms with Crippen molar-refractivity contribution >= 4 is 29.7 Å². The lowest BCUT2D eigenvalue weighted by molar-refractivity contribution is -0.186. The van der Waals surface area contributed by atoms with Crippen molar-refractivity contribution in [2.24, 2.45) is 0 Å². The molecule has 0 aromatic heterocycles. The molecule has 27 heavy (non-hydrogen) atoms. The molecule has 2 rings (SSSR count). The number of ether oxygens (including phenoxy) is 4. The third-order valence-electron chi connectivity index (χ3n) is 3.56. The predicted octanol–water partition coefficient (Wildman–Crippen LogP) is 1.81. The zero-order valence-electron chi connectivity index (χ0n) is 15.0. The van der Waals surface area contributed by atoms with Gasteiger partial charge in [-0.1, -0.05) is 12.1 Å². The zero-order chi connectivity index (χ0) is 20.0. The van der Waals surface area contributed by atoms with E-state index in [0.717, 1.165) is 0 Å². The molecule has 4 atom stereocenters. The van der Waals surface area contributed by atoms with Crippen LogP contribution in [0.2, 0.25) is 0 Å². The van der Waals surface area contributed by atoms with Crippen molar-refractivity contribution in [1.82, 2.24) is 0 Å².